The Morgan fingerprint density at radius 1 is 0.926 bits per heavy atom. The summed E-state index contributed by atoms with van der Waals surface area (Å²) in [6.45, 7) is 2.76. The summed E-state index contributed by atoms with van der Waals surface area (Å²) in [5.74, 6) is -0.830. The zero-order chi connectivity index (χ0) is 20.2. The number of nitrogens with one attached hydrogen (secondary N) is 3. The molecule has 0 radical (unpaired) electrons. The number of hydrogen-bond acceptors (Lipinski definition) is 4. The third kappa shape index (κ3) is 5.93. The lowest BCUT2D eigenvalue weighted by molar-refractivity contribution is -0.117. The third-order valence-electron chi connectivity index (χ3n) is 3.40. The van der Waals surface area contributed by atoms with Crippen molar-refractivity contribution in [2.24, 2.45) is 0 Å². The third-order valence-corrected chi connectivity index (χ3v) is 5.69. The molecule has 0 heterocycles. The van der Waals surface area contributed by atoms with E-state index >= 15 is 0 Å². The van der Waals surface area contributed by atoms with Crippen LogP contribution in [0.4, 0.5) is 11.4 Å². The molecule has 2 amide bonds. The fourth-order valence-electron chi connectivity index (χ4n) is 2.10. The van der Waals surface area contributed by atoms with Crippen molar-refractivity contribution < 1.29 is 18.0 Å². The monoisotopic (exact) mass is 429 g/mol. The molecule has 10 heteroatoms. The number of hydrogen-bond donors (Lipinski definition) is 3. The fraction of sp³-hybridized carbons (Fsp3) is 0.176. The molecule has 0 aromatic heterocycles. The predicted molar refractivity (Wildman–Crippen MR) is 106 cm³/mol. The number of rotatable bonds is 6. The summed E-state index contributed by atoms with van der Waals surface area (Å²) in [5.41, 5.74) is 0.854. The van der Waals surface area contributed by atoms with E-state index in [1.807, 2.05) is 0 Å². The highest BCUT2D eigenvalue weighted by molar-refractivity contribution is 7.89. The summed E-state index contributed by atoms with van der Waals surface area (Å²) in [5, 5.41) is 5.70. The molecule has 0 saturated heterocycles. The average molecular weight is 430 g/mol. The molecule has 3 N–H and O–H groups in total. The highest BCUT2D eigenvalue weighted by Crippen LogP contribution is 2.25. The quantitative estimate of drug-likeness (QED) is 0.654. The fourth-order valence-corrected chi connectivity index (χ4v) is 3.60. The van der Waals surface area contributed by atoms with Gasteiger partial charge in [0.15, 0.2) is 0 Å². The van der Waals surface area contributed by atoms with Crippen molar-refractivity contribution in [2.45, 2.75) is 24.8 Å². The standard InChI is InChI=1S/C17H17Cl2N3O4S/c1-10(17(24)21-13-5-8-15(18)16(19)9-13)22-27(25,26)14-6-3-12(4-7-14)20-11(2)23/h3-10,22H,1-2H3,(H,20,23)(H,21,24)/t10-/m0/s1. The van der Waals surface area contributed by atoms with Crippen molar-refractivity contribution in [3.05, 3.63) is 52.5 Å². The lowest BCUT2D eigenvalue weighted by atomic mass is 10.3. The largest absolute Gasteiger partial charge is 0.326 e. The summed E-state index contributed by atoms with van der Waals surface area (Å²) >= 11 is 11.7. The molecule has 27 heavy (non-hydrogen) atoms. The molecule has 0 unspecified atom stereocenters. The SMILES string of the molecule is CC(=O)Nc1ccc(S(=O)(=O)N[C@@H](C)C(=O)Nc2ccc(Cl)c(Cl)c2)cc1. The lowest BCUT2D eigenvalue weighted by Gasteiger charge is -2.15. The van der Waals surface area contributed by atoms with Crippen molar-refractivity contribution in [1.29, 1.82) is 0 Å². The molecule has 0 fully saturated rings. The van der Waals surface area contributed by atoms with Gasteiger partial charge >= 0.3 is 0 Å². The van der Waals surface area contributed by atoms with Gasteiger partial charge in [-0.25, -0.2) is 8.42 Å². The minimum Gasteiger partial charge on any atom is -0.326 e. The smallest absolute Gasteiger partial charge is 0.242 e. The predicted octanol–water partition coefficient (Wildman–Crippen LogP) is 3.26. The van der Waals surface area contributed by atoms with Crippen LogP contribution in [0.15, 0.2) is 47.4 Å². The maximum atomic E-state index is 12.4. The zero-order valence-corrected chi connectivity index (χ0v) is 16.7. The van der Waals surface area contributed by atoms with Gasteiger partial charge in [0.2, 0.25) is 21.8 Å². The van der Waals surface area contributed by atoms with E-state index in [0.717, 1.165) is 0 Å². The number of halogens is 2. The summed E-state index contributed by atoms with van der Waals surface area (Å²) < 4.78 is 27.1. The molecule has 0 aliphatic heterocycles. The van der Waals surface area contributed by atoms with Crippen molar-refractivity contribution in [1.82, 2.24) is 4.72 Å². The molecule has 2 aromatic rings. The number of carbonyl (C=O) groups is 2. The molecular formula is C17H17Cl2N3O4S. The Balaban J connectivity index is 2.05. The first-order chi connectivity index (χ1) is 12.6. The molecule has 0 aliphatic carbocycles. The van der Waals surface area contributed by atoms with Gasteiger partial charge in [-0.1, -0.05) is 23.2 Å². The minimum absolute atomic E-state index is 0.0363. The van der Waals surface area contributed by atoms with E-state index in [4.69, 9.17) is 23.2 Å². The molecule has 2 aromatic carbocycles. The second-order valence-corrected chi connectivity index (χ2v) is 8.20. The van der Waals surface area contributed by atoms with Crippen LogP contribution >= 0.6 is 23.2 Å². The van der Waals surface area contributed by atoms with Crippen molar-refractivity contribution >= 4 is 56.4 Å². The van der Waals surface area contributed by atoms with E-state index in [1.165, 1.54) is 50.2 Å². The van der Waals surface area contributed by atoms with Crippen LogP contribution in [0, 0.1) is 0 Å². The van der Waals surface area contributed by atoms with Gasteiger partial charge in [0.05, 0.1) is 21.0 Å². The molecular weight excluding hydrogens is 413 g/mol. The molecule has 0 spiro atoms. The van der Waals surface area contributed by atoms with Crippen LogP contribution in [0.5, 0.6) is 0 Å². The Morgan fingerprint density at radius 3 is 2.07 bits per heavy atom. The summed E-state index contributed by atoms with van der Waals surface area (Å²) in [4.78, 5) is 23.2. The second kappa shape index (κ2) is 8.71. The van der Waals surface area contributed by atoms with E-state index < -0.39 is 22.0 Å². The Kier molecular flexibility index (Phi) is 6.83. The molecule has 1 atom stereocenters. The van der Waals surface area contributed by atoms with E-state index in [0.29, 0.717) is 16.4 Å². The van der Waals surface area contributed by atoms with Crippen LogP contribution in [-0.4, -0.2) is 26.3 Å². The zero-order valence-electron chi connectivity index (χ0n) is 14.4. The summed E-state index contributed by atoms with van der Waals surface area (Å²) in [6.07, 6.45) is 0. The van der Waals surface area contributed by atoms with Gasteiger partial charge in [0.1, 0.15) is 0 Å². The number of anilines is 2. The number of amides is 2. The van der Waals surface area contributed by atoms with Crippen LogP contribution in [0.3, 0.4) is 0 Å². The van der Waals surface area contributed by atoms with Crippen molar-refractivity contribution in [2.75, 3.05) is 10.6 Å². The first-order valence-corrected chi connectivity index (χ1v) is 9.98. The maximum Gasteiger partial charge on any atom is 0.242 e. The van der Waals surface area contributed by atoms with E-state index in [2.05, 4.69) is 15.4 Å². The van der Waals surface area contributed by atoms with Gasteiger partial charge in [0.25, 0.3) is 0 Å². The second-order valence-electron chi connectivity index (χ2n) is 5.67. The molecule has 7 nitrogen and oxygen atoms in total. The van der Waals surface area contributed by atoms with Crippen LogP contribution in [0.25, 0.3) is 0 Å². The van der Waals surface area contributed by atoms with E-state index in [1.54, 1.807) is 6.07 Å². The van der Waals surface area contributed by atoms with Crippen LogP contribution in [0.1, 0.15) is 13.8 Å². The van der Waals surface area contributed by atoms with E-state index in [-0.39, 0.29) is 15.8 Å². The van der Waals surface area contributed by atoms with Gasteiger partial charge in [0, 0.05) is 18.3 Å². The van der Waals surface area contributed by atoms with Crippen LogP contribution in [-0.2, 0) is 19.6 Å². The number of sulfonamides is 1. The summed E-state index contributed by atoms with van der Waals surface area (Å²) in [6, 6.07) is 9.06. The van der Waals surface area contributed by atoms with Crippen LogP contribution in [0.2, 0.25) is 10.0 Å². The molecule has 0 bridgehead atoms. The Morgan fingerprint density at radius 2 is 1.52 bits per heavy atom. The first kappa shape index (κ1) is 21.2. The van der Waals surface area contributed by atoms with Crippen molar-refractivity contribution in [3.8, 4) is 0 Å². The van der Waals surface area contributed by atoms with Crippen LogP contribution < -0.4 is 15.4 Å². The van der Waals surface area contributed by atoms with Gasteiger partial charge in [-0.15, -0.1) is 0 Å². The molecule has 0 aliphatic rings. The average Bonchev–Trinajstić information content (AvgIpc) is 2.57. The maximum absolute atomic E-state index is 12.4. The molecule has 144 valence electrons. The lowest BCUT2D eigenvalue weighted by Crippen LogP contribution is -2.41. The van der Waals surface area contributed by atoms with Gasteiger partial charge in [-0.3, -0.25) is 9.59 Å². The molecule has 0 saturated carbocycles. The Labute approximate surface area is 167 Å². The Hall–Kier alpha value is -2.13. The van der Waals surface area contributed by atoms with Gasteiger partial charge < -0.3 is 10.6 Å². The van der Waals surface area contributed by atoms with Gasteiger partial charge in [-0.2, -0.15) is 4.72 Å². The normalized spacial score (nSPS) is 12.3. The molecule has 2 rings (SSSR count). The number of benzene rings is 2. The van der Waals surface area contributed by atoms with Crippen molar-refractivity contribution in [3.63, 3.8) is 0 Å². The van der Waals surface area contributed by atoms with E-state index in [9.17, 15) is 18.0 Å². The topological polar surface area (TPSA) is 104 Å². The van der Waals surface area contributed by atoms with Gasteiger partial charge in [-0.05, 0) is 49.4 Å². The minimum atomic E-state index is -3.93. The first-order valence-electron chi connectivity index (χ1n) is 7.74. The highest BCUT2D eigenvalue weighted by Gasteiger charge is 2.22. The Bertz CT molecular complexity index is 963. The summed E-state index contributed by atoms with van der Waals surface area (Å²) in [7, 11) is -3.93. The number of carbonyl (C=O) groups excluding carboxylic acids is 2. The highest BCUT2D eigenvalue weighted by atomic mass is 35.5.